The SMILES string of the molecule is CC(C)(C)C1=CC=C(N2c3cc4c(cc3B3c5cc(C(C)(C)C)ccc5N(c5ccc(C(C)(C)C)cc5)c5cc(C(C)(C)C)cc2c53)C(C)(C)CC4(C)C)C(c2ccccc2)C1. The predicted molar refractivity (Wildman–Crippen MR) is 271 cm³/mol. The molecule has 2 nitrogen and oxygen atoms in total. The number of allylic oxidation sites excluding steroid dienone is 4. The van der Waals surface area contributed by atoms with Crippen LogP contribution in [0.1, 0.15) is 163 Å². The van der Waals surface area contributed by atoms with E-state index >= 15 is 0 Å². The van der Waals surface area contributed by atoms with Gasteiger partial charge in [0.25, 0.3) is 6.71 Å². The largest absolute Gasteiger partial charge is 0.315 e. The molecule has 62 heavy (non-hydrogen) atoms. The molecule has 0 spiro atoms. The molecular weight excluding hydrogens is 747 g/mol. The smallest absolute Gasteiger partial charge is 0.252 e. The van der Waals surface area contributed by atoms with Crippen LogP contribution < -0.4 is 26.2 Å². The van der Waals surface area contributed by atoms with Crippen LogP contribution in [0.4, 0.5) is 28.4 Å². The minimum absolute atomic E-state index is 0.00614. The normalized spacial score (nSPS) is 19.0. The summed E-state index contributed by atoms with van der Waals surface area (Å²) in [6, 6.07) is 38.7. The van der Waals surface area contributed by atoms with Crippen molar-refractivity contribution in [2.75, 3.05) is 9.80 Å². The average Bonchev–Trinajstić information content (AvgIpc) is 3.37. The molecule has 1 unspecified atom stereocenters. The van der Waals surface area contributed by atoms with Crippen LogP contribution in [0, 0.1) is 5.41 Å². The van der Waals surface area contributed by atoms with Gasteiger partial charge in [0.2, 0.25) is 0 Å². The first-order valence-electron chi connectivity index (χ1n) is 23.4. The number of hydrogen-bond acceptors (Lipinski definition) is 2. The van der Waals surface area contributed by atoms with E-state index in [1.165, 1.54) is 89.5 Å². The molecule has 2 aliphatic heterocycles. The van der Waals surface area contributed by atoms with Gasteiger partial charge in [-0.15, -0.1) is 0 Å². The van der Waals surface area contributed by atoms with Crippen molar-refractivity contribution in [1.29, 1.82) is 0 Å². The van der Waals surface area contributed by atoms with Crippen LogP contribution in [0.25, 0.3) is 0 Å². The lowest BCUT2D eigenvalue weighted by Crippen LogP contribution is -2.62. The Labute approximate surface area is 375 Å². The summed E-state index contributed by atoms with van der Waals surface area (Å²) < 4.78 is 0. The Kier molecular flexibility index (Phi) is 9.52. The van der Waals surface area contributed by atoms with Crippen LogP contribution in [-0.2, 0) is 27.1 Å². The van der Waals surface area contributed by atoms with Gasteiger partial charge >= 0.3 is 0 Å². The van der Waals surface area contributed by atoms with E-state index in [0.29, 0.717) is 0 Å². The number of benzene rings is 5. The Bertz CT molecular complexity index is 2660. The molecule has 0 N–H and O–H groups in total. The lowest BCUT2D eigenvalue weighted by Gasteiger charge is -2.48. The van der Waals surface area contributed by atoms with Gasteiger partial charge in [0.05, 0.1) is 0 Å². The predicted octanol–water partition coefficient (Wildman–Crippen LogP) is 14.3. The van der Waals surface area contributed by atoms with Crippen LogP contribution in [0.3, 0.4) is 0 Å². The highest BCUT2D eigenvalue weighted by Crippen LogP contribution is 2.54. The first-order chi connectivity index (χ1) is 28.8. The van der Waals surface area contributed by atoms with Gasteiger partial charge in [-0.25, -0.2) is 0 Å². The fourth-order valence-electron chi connectivity index (χ4n) is 11.5. The third kappa shape index (κ3) is 6.92. The Morgan fingerprint density at radius 2 is 1.05 bits per heavy atom. The number of nitrogens with zero attached hydrogens (tertiary/aromatic N) is 2. The van der Waals surface area contributed by atoms with E-state index < -0.39 is 0 Å². The van der Waals surface area contributed by atoms with Crippen molar-refractivity contribution in [3.05, 3.63) is 154 Å². The van der Waals surface area contributed by atoms with E-state index in [1.54, 1.807) is 0 Å². The van der Waals surface area contributed by atoms with Gasteiger partial charge in [-0.3, -0.25) is 0 Å². The van der Waals surface area contributed by atoms with E-state index in [-0.39, 0.29) is 45.1 Å². The summed E-state index contributed by atoms with van der Waals surface area (Å²) in [7, 11) is 0. The van der Waals surface area contributed by atoms with Crippen molar-refractivity contribution >= 4 is 51.5 Å². The van der Waals surface area contributed by atoms with Crippen LogP contribution in [-0.4, -0.2) is 6.71 Å². The summed E-state index contributed by atoms with van der Waals surface area (Å²) in [4.78, 5) is 5.37. The molecule has 3 heteroatoms. The molecule has 9 rings (SSSR count). The van der Waals surface area contributed by atoms with E-state index in [2.05, 4.69) is 230 Å². The zero-order valence-electron chi connectivity index (χ0n) is 40.9. The topological polar surface area (TPSA) is 6.48 Å². The molecule has 0 saturated heterocycles. The Balaban J connectivity index is 1.43. The van der Waals surface area contributed by atoms with Crippen molar-refractivity contribution in [1.82, 2.24) is 0 Å². The second kappa shape index (κ2) is 13.9. The molecule has 0 amide bonds. The Hall–Kier alpha value is -4.76. The molecule has 1 atom stereocenters. The standard InChI is InChI=1S/C59H71BN2/c1-54(2,3)38-22-26-42(27-23-38)61-49-29-25-40(56(7,8)9)31-46(49)60-47-34-44-45(59(15,16)36-58(44,13)14)35-50(47)62(52-33-41(57(10,11)12)32-51(61)53(52)60)48-28-24-39(55(4,5)6)30-43(48)37-20-18-17-19-21-37/h17-29,31-35,43H,30,36H2,1-16H3. The van der Waals surface area contributed by atoms with Gasteiger partial charge < -0.3 is 9.80 Å². The van der Waals surface area contributed by atoms with Gasteiger partial charge in [0, 0.05) is 40.1 Å². The van der Waals surface area contributed by atoms with Crippen molar-refractivity contribution in [3.8, 4) is 0 Å². The second-order valence-corrected chi connectivity index (χ2v) is 24.7. The minimum Gasteiger partial charge on any atom is -0.315 e. The van der Waals surface area contributed by atoms with Crippen molar-refractivity contribution in [2.45, 2.75) is 157 Å². The molecular formula is C59H71BN2. The highest BCUT2D eigenvalue weighted by atomic mass is 15.2. The highest BCUT2D eigenvalue weighted by molar-refractivity contribution is 7.00. The van der Waals surface area contributed by atoms with Crippen molar-refractivity contribution in [2.24, 2.45) is 5.41 Å². The summed E-state index contributed by atoms with van der Waals surface area (Å²) >= 11 is 0. The molecule has 0 aromatic heterocycles. The Morgan fingerprint density at radius 3 is 1.63 bits per heavy atom. The van der Waals surface area contributed by atoms with E-state index in [1.807, 2.05) is 0 Å². The minimum atomic E-state index is -0.0891. The van der Waals surface area contributed by atoms with Gasteiger partial charge in [0.1, 0.15) is 0 Å². The maximum Gasteiger partial charge on any atom is 0.252 e. The summed E-state index contributed by atoms with van der Waals surface area (Å²) in [6.07, 6.45) is 7.09. The monoisotopic (exact) mass is 819 g/mol. The van der Waals surface area contributed by atoms with E-state index in [4.69, 9.17) is 0 Å². The van der Waals surface area contributed by atoms with Gasteiger partial charge in [-0.2, -0.15) is 0 Å². The second-order valence-electron chi connectivity index (χ2n) is 24.7. The molecule has 5 aromatic rings. The zero-order chi connectivity index (χ0) is 44.7. The van der Waals surface area contributed by atoms with Crippen molar-refractivity contribution < 1.29 is 0 Å². The van der Waals surface area contributed by atoms with Crippen LogP contribution in [0.5, 0.6) is 0 Å². The maximum absolute atomic E-state index is 2.76. The summed E-state index contributed by atoms with van der Waals surface area (Å²) in [5.41, 5.74) is 22.2. The number of hydrogen-bond donors (Lipinski definition) is 0. The van der Waals surface area contributed by atoms with Crippen LogP contribution in [0.2, 0.25) is 0 Å². The molecule has 2 heterocycles. The van der Waals surface area contributed by atoms with Crippen molar-refractivity contribution in [3.63, 3.8) is 0 Å². The molecule has 5 aromatic carbocycles. The first-order valence-corrected chi connectivity index (χ1v) is 23.4. The summed E-state index contributed by atoms with van der Waals surface area (Å²) in [6.45, 7) is 38.3. The van der Waals surface area contributed by atoms with E-state index in [0.717, 1.165) is 12.8 Å². The fraction of sp³-hybridized carbons (Fsp3) is 0.424. The number of anilines is 5. The van der Waals surface area contributed by atoms with Crippen LogP contribution in [0.15, 0.2) is 120 Å². The molecule has 0 bridgehead atoms. The summed E-state index contributed by atoms with van der Waals surface area (Å²) in [5, 5.41) is 0. The number of rotatable bonds is 3. The third-order valence-corrected chi connectivity index (χ3v) is 14.9. The van der Waals surface area contributed by atoms with E-state index in [9.17, 15) is 0 Å². The first kappa shape index (κ1) is 42.5. The molecule has 0 saturated carbocycles. The molecule has 2 aliphatic carbocycles. The third-order valence-electron chi connectivity index (χ3n) is 14.9. The molecule has 0 fully saturated rings. The summed E-state index contributed by atoms with van der Waals surface area (Å²) in [5.74, 6) is 0.191. The number of fused-ring (bicyclic) bond motifs is 5. The van der Waals surface area contributed by atoms with Gasteiger partial charge in [0.15, 0.2) is 0 Å². The molecule has 320 valence electrons. The van der Waals surface area contributed by atoms with Gasteiger partial charge in [-0.1, -0.05) is 183 Å². The van der Waals surface area contributed by atoms with Crippen LogP contribution >= 0.6 is 0 Å². The lowest BCUT2D eigenvalue weighted by molar-refractivity contribution is 0.403. The van der Waals surface area contributed by atoms with Gasteiger partial charge in [-0.05, 0) is 138 Å². The fourth-order valence-corrected chi connectivity index (χ4v) is 11.5. The highest BCUT2D eigenvalue weighted by Gasteiger charge is 2.49. The zero-order valence-corrected chi connectivity index (χ0v) is 40.9. The quantitative estimate of drug-likeness (QED) is 0.164. The molecule has 0 radical (unpaired) electrons. The molecule has 4 aliphatic rings. The Morgan fingerprint density at radius 1 is 0.500 bits per heavy atom. The average molecular weight is 819 g/mol. The lowest BCUT2D eigenvalue weighted by atomic mass is 9.33. The maximum atomic E-state index is 2.76.